The second-order valence-corrected chi connectivity index (χ2v) is 6.37. The summed E-state index contributed by atoms with van der Waals surface area (Å²) in [6.45, 7) is 2.05. The van der Waals surface area contributed by atoms with Crippen molar-refractivity contribution in [2.24, 2.45) is 0 Å². The summed E-state index contributed by atoms with van der Waals surface area (Å²) in [4.78, 5) is 16.2. The van der Waals surface area contributed by atoms with Crippen LogP contribution in [0.1, 0.15) is 23.4 Å². The highest BCUT2D eigenvalue weighted by Gasteiger charge is 2.11. The summed E-state index contributed by atoms with van der Waals surface area (Å²) >= 11 is 6.14. The van der Waals surface area contributed by atoms with Gasteiger partial charge in [0.2, 0.25) is 5.91 Å². The van der Waals surface area contributed by atoms with Crippen LogP contribution in [0.2, 0.25) is 5.02 Å². The lowest BCUT2D eigenvalue weighted by Gasteiger charge is -2.06. The zero-order chi connectivity index (χ0) is 18.5. The molecule has 1 aromatic heterocycles. The van der Waals surface area contributed by atoms with Gasteiger partial charge >= 0.3 is 0 Å². The molecule has 3 aromatic rings. The second-order valence-electron chi connectivity index (χ2n) is 5.96. The summed E-state index contributed by atoms with van der Waals surface area (Å²) in [6, 6.07) is 12.1. The van der Waals surface area contributed by atoms with Crippen LogP contribution in [0.3, 0.4) is 0 Å². The molecule has 0 radical (unpaired) electrons. The highest BCUT2D eigenvalue weighted by atomic mass is 35.5. The van der Waals surface area contributed by atoms with Crippen LogP contribution in [0.4, 0.5) is 4.39 Å². The van der Waals surface area contributed by atoms with Crippen molar-refractivity contribution in [2.45, 2.75) is 26.3 Å². The Morgan fingerprint density at radius 1 is 1.27 bits per heavy atom. The van der Waals surface area contributed by atoms with E-state index < -0.39 is 0 Å². The lowest BCUT2D eigenvalue weighted by atomic mass is 10.1. The number of benzene rings is 2. The Kier molecular flexibility index (Phi) is 5.68. The third kappa shape index (κ3) is 4.49. The molecule has 1 heterocycles. The minimum absolute atomic E-state index is 0.121. The quantitative estimate of drug-likeness (QED) is 0.682. The van der Waals surface area contributed by atoms with E-state index in [-0.39, 0.29) is 18.1 Å². The van der Waals surface area contributed by atoms with Crippen LogP contribution in [-0.4, -0.2) is 10.9 Å². The molecule has 4 nitrogen and oxygen atoms in total. The van der Waals surface area contributed by atoms with Gasteiger partial charge in [-0.15, -0.1) is 0 Å². The number of carbonyl (C=O) groups excluding carboxylic acids is 1. The molecule has 134 valence electrons. The van der Waals surface area contributed by atoms with Crippen molar-refractivity contribution in [2.75, 3.05) is 0 Å². The Labute approximate surface area is 156 Å². The first-order valence-corrected chi connectivity index (χ1v) is 8.62. The molecule has 1 amide bonds. The normalized spacial score (nSPS) is 10.7. The van der Waals surface area contributed by atoms with Crippen LogP contribution in [0, 0.1) is 12.7 Å². The highest BCUT2D eigenvalue weighted by molar-refractivity contribution is 6.33. The van der Waals surface area contributed by atoms with Crippen molar-refractivity contribution in [3.05, 3.63) is 76.5 Å². The number of nitrogens with one attached hydrogen (secondary N) is 1. The fraction of sp³-hybridized carbons (Fsp3) is 0.200. The van der Waals surface area contributed by atoms with Gasteiger partial charge in [-0.25, -0.2) is 9.37 Å². The molecule has 0 aliphatic heterocycles. The van der Waals surface area contributed by atoms with E-state index in [1.807, 2.05) is 18.2 Å². The molecule has 0 unspecified atom stereocenters. The van der Waals surface area contributed by atoms with E-state index in [0.717, 1.165) is 11.1 Å². The van der Waals surface area contributed by atoms with Crippen LogP contribution in [0.15, 0.2) is 53.1 Å². The lowest BCUT2D eigenvalue weighted by molar-refractivity contribution is -0.121. The van der Waals surface area contributed by atoms with E-state index in [2.05, 4.69) is 10.3 Å². The summed E-state index contributed by atoms with van der Waals surface area (Å²) in [5, 5.41) is 3.40. The molecule has 0 aliphatic carbocycles. The molecule has 0 fully saturated rings. The molecule has 26 heavy (non-hydrogen) atoms. The zero-order valence-electron chi connectivity index (χ0n) is 14.3. The number of hydrogen-bond acceptors (Lipinski definition) is 3. The number of rotatable bonds is 6. The van der Waals surface area contributed by atoms with E-state index in [4.69, 9.17) is 16.0 Å². The van der Waals surface area contributed by atoms with Crippen molar-refractivity contribution in [3.63, 3.8) is 0 Å². The first kappa shape index (κ1) is 18.1. The van der Waals surface area contributed by atoms with Gasteiger partial charge in [-0.3, -0.25) is 4.79 Å². The van der Waals surface area contributed by atoms with E-state index in [1.54, 1.807) is 31.3 Å². The van der Waals surface area contributed by atoms with Crippen LogP contribution in [0.25, 0.3) is 11.3 Å². The molecule has 3 rings (SSSR count). The number of amides is 1. The van der Waals surface area contributed by atoms with E-state index in [1.165, 1.54) is 6.07 Å². The number of hydrogen-bond donors (Lipinski definition) is 1. The molecule has 1 N–H and O–H groups in total. The fourth-order valence-corrected chi connectivity index (χ4v) is 2.77. The van der Waals surface area contributed by atoms with Crippen molar-refractivity contribution in [3.8, 4) is 11.3 Å². The summed E-state index contributed by atoms with van der Waals surface area (Å²) in [6.07, 6.45) is 2.25. The van der Waals surface area contributed by atoms with Crippen molar-refractivity contribution < 1.29 is 13.6 Å². The molecule has 0 bridgehead atoms. The molecular weight excluding hydrogens is 355 g/mol. The predicted octanol–water partition coefficient (Wildman–Crippen LogP) is 4.69. The van der Waals surface area contributed by atoms with Gasteiger partial charge in [0.25, 0.3) is 0 Å². The average molecular weight is 373 g/mol. The van der Waals surface area contributed by atoms with Gasteiger partial charge in [-0.05, 0) is 36.2 Å². The maximum absolute atomic E-state index is 13.2. The van der Waals surface area contributed by atoms with Gasteiger partial charge < -0.3 is 9.73 Å². The number of carbonyl (C=O) groups is 1. The largest absolute Gasteiger partial charge is 0.441 e. The Morgan fingerprint density at radius 3 is 2.85 bits per heavy atom. The van der Waals surface area contributed by atoms with Crippen molar-refractivity contribution >= 4 is 17.5 Å². The van der Waals surface area contributed by atoms with E-state index in [9.17, 15) is 9.18 Å². The number of oxazole rings is 1. The van der Waals surface area contributed by atoms with Gasteiger partial charge in [0.05, 0.1) is 11.2 Å². The molecule has 0 spiro atoms. The highest BCUT2D eigenvalue weighted by Crippen LogP contribution is 2.28. The molecular formula is C20H18ClFN2O2. The Balaban J connectivity index is 1.52. The van der Waals surface area contributed by atoms with Crippen molar-refractivity contribution in [1.29, 1.82) is 0 Å². The topological polar surface area (TPSA) is 55.1 Å². The summed E-state index contributed by atoms with van der Waals surface area (Å²) in [5.74, 6) is 0.684. The number of nitrogens with zero attached hydrogens (tertiary/aromatic N) is 1. The molecule has 0 saturated carbocycles. The Morgan fingerprint density at radius 2 is 2.08 bits per heavy atom. The van der Waals surface area contributed by atoms with Gasteiger partial charge in [0.1, 0.15) is 5.82 Å². The van der Waals surface area contributed by atoms with E-state index in [0.29, 0.717) is 35.2 Å². The van der Waals surface area contributed by atoms with Gasteiger partial charge in [-0.1, -0.05) is 35.9 Å². The summed E-state index contributed by atoms with van der Waals surface area (Å²) in [5.41, 5.74) is 2.18. The number of halogens is 2. The molecule has 0 saturated heterocycles. The smallest absolute Gasteiger partial charge is 0.220 e. The number of aromatic nitrogens is 1. The van der Waals surface area contributed by atoms with Gasteiger partial charge in [-0.2, -0.15) is 0 Å². The fourth-order valence-electron chi connectivity index (χ4n) is 2.54. The molecule has 0 aliphatic rings. The third-order valence-electron chi connectivity index (χ3n) is 3.97. The molecule has 0 atom stereocenters. The van der Waals surface area contributed by atoms with Crippen LogP contribution in [-0.2, 0) is 17.8 Å². The van der Waals surface area contributed by atoms with Crippen molar-refractivity contribution in [1.82, 2.24) is 10.3 Å². The minimum Gasteiger partial charge on any atom is -0.441 e. The SMILES string of the molecule is Cc1cc(CNC(=O)CCc2ncc(-c3ccccc3Cl)o2)ccc1F. The summed E-state index contributed by atoms with van der Waals surface area (Å²) in [7, 11) is 0. The third-order valence-corrected chi connectivity index (χ3v) is 4.30. The second kappa shape index (κ2) is 8.15. The first-order chi connectivity index (χ1) is 12.5. The number of aryl methyl sites for hydroxylation is 2. The average Bonchev–Trinajstić information content (AvgIpc) is 3.10. The van der Waals surface area contributed by atoms with Crippen LogP contribution < -0.4 is 5.32 Å². The van der Waals surface area contributed by atoms with E-state index >= 15 is 0 Å². The predicted molar refractivity (Wildman–Crippen MR) is 98.3 cm³/mol. The monoisotopic (exact) mass is 372 g/mol. The zero-order valence-corrected chi connectivity index (χ0v) is 15.0. The van der Waals surface area contributed by atoms with Crippen LogP contribution >= 0.6 is 11.6 Å². The molecule has 6 heteroatoms. The van der Waals surface area contributed by atoms with Gasteiger partial charge in [0, 0.05) is 24.9 Å². The van der Waals surface area contributed by atoms with Gasteiger partial charge in [0.15, 0.2) is 11.7 Å². The Hall–Kier alpha value is -2.66. The Bertz CT molecular complexity index is 924. The minimum atomic E-state index is -0.252. The summed E-state index contributed by atoms with van der Waals surface area (Å²) < 4.78 is 18.9. The maximum atomic E-state index is 13.2. The lowest BCUT2D eigenvalue weighted by Crippen LogP contribution is -2.23. The van der Waals surface area contributed by atoms with Crippen LogP contribution in [0.5, 0.6) is 0 Å². The molecule has 2 aromatic carbocycles. The maximum Gasteiger partial charge on any atom is 0.220 e. The standard InChI is InChI=1S/C20H18ClFN2O2/c1-13-10-14(6-7-17(13)22)11-23-19(25)8-9-20-24-12-18(26-20)15-4-2-3-5-16(15)21/h2-7,10,12H,8-9,11H2,1H3,(H,23,25). The first-order valence-electron chi connectivity index (χ1n) is 8.24.